The molecule has 0 spiro atoms. The number of halogens is 5. The van der Waals surface area contributed by atoms with Gasteiger partial charge in [-0.15, -0.1) is 0 Å². The van der Waals surface area contributed by atoms with Crippen LogP contribution < -0.4 is 4.74 Å². The van der Waals surface area contributed by atoms with E-state index in [0.29, 0.717) is 18.6 Å². The highest BCUT2D eigenvalue weighted by Gasteiger charge is 2.23. The molecule has 2 rings (SSSR count). The lowest BCUT2D eigenvalue weighted by atomic mass is 9.80. The molecule has 0 aromatic heterocycles. The second-order valence-electron chi connectivity index (χ2n) is 7.02. The normalized spacial score (nSPS) is 21.3. The molecule has 0 N–H and O–H groups in total. The lowest BCUT2D eigenvalue weighted by Gasteiger charge is -2.28. The summed E-state index contributed by atoms with van der Waals surface area (Å²) in [6.45, 7) is 2.55. The van der Waals surface area contributed by atoms with E-state index >= 15 is 0 Å². The summed E-state index contributed by atoms with van der Waals surface area (Å²) in [4.78, 5) is 0. The Hall–Kier alpha value is -1.59. The standard InChI is InChI=1S/C20H25F5O/c1-2-3-4-14-5-7-15(8-6-14)13-26-16-11-18(21)17(19(22)12-16)9-10-20(23,24)25/h9-12,14-15H,2-8,13H2,1H3/b10-9+. The van der Waals surface area contributed by atoms with Crippen molar-refractivity contribution in [2.24, 2.45) is 11.8 Å². The van der Waals surface area contributed by atoms with E-state index in [1.807, 2.05) is 0 Å². The number of unbranched alkanes of at least 4 members (excludes halogenated alkanes) is 1. The topological polar surface area (TPSA) is 9.23 Å². The molecule has 0 aliphatic heterocycles. The Morgan fingerprint density at radius 2 is 1.62 bits per heavy atom. The van der Waals surface area contributed by atoms with Crippen LogP contribution in [0.1, 0.15) is 57.4 Å². The van der Waals surface area contributed by atoms with Crippen molar-refractivity contribution in [1.82, 2.24) is 0 Å². The van der Waals surface area contributed by atoms with Crippen molar-refractivity contribution in [2.75, 3.05) is 6.61 Å². The van der Waals surface area contributed by atoms with Crippen molar-refractivity contribution < 1.29 is 26.7 Å². The first-order valence-electron chi connectivity index (χ1n) is 9.16. The molecule has 1 aromatic rings. The predicted molar refractivity (Wildman–Crippen MR) is 91.9 cm³/mol. The minimum atomic E-state index is -4.62. The Bertz CT molecular complexity index is 578. The summed E-state index contributed by atoms with van der Waals surface area (Å²) in [6, 6.07) is 1.87. The van der Waals surface area contributed by atoms with E-state index in [1.165, 1.54) is 19.3 Å². The van der Waals surface area contributed by atoms with Gasteiger partial charge in [0.25, 0.3) is 0 Å². The van der Waals surface area contributed by atoms with Crippen LogP contribution in [-0.4, -0.2) is 12.8 Å². The van der Waals surface area contributed by atoms with Gasteiger partial charge < -0.3 is 4.74 Å². The van der Waals surface area contributed by atoms with Crippen molar-refractivity contribution in [3.05, 3.63) is 35.4 Å². The monoisotopic (exact) mass is 376 g/mol. The van der Waals surface area contributed by atoms with Crippen molar-refractivity contribution in [2.45, 2.75) is 58.0 Å². The lowest BCUT2D eigenvalue weighted by Crippen LogP contribution is -2.20. The van der Waals surface area contributed by atoms with E-state index in [9.17, 15) is 22.0 Å². The second-order valence-corrected chi connectivity index (χ2v) is 7.02. The second kappa shape index (κ2) is 9.38. The smallest absolute Gasteiger partial charge is 0.409 e. The fourth-order valence-corrected chi connectivity index (χ4v) is 3.38. The molecule has 146 valence electrons. The van der Waals surface area contributed by atoms with E-state index in [2.05, 4.69) is 6.92 Å². The van der Waals surface area contributed by atoms with Gasteiger partial charge in [0, 0.05) is 23.8 Å². The molecule has 0 radical (unpaired) electrons. The number of allylic oxidation sites excluding steroid dienone is 1. The Labute approximate surface area is 151 Å². The van der Waals surface area contributed by atoms with E-state index in [4.69, 9.17) is 4.74 Å². The zero-order chi connectivity index (χ0) is 19.2. The van der Waals surface area contributed by atoms with Crippen molar-refractivity contribution >= 4 is 6.08 Å². The maximum atomic E-state index is 13.9. The van der Waals surface area contributed by atoms with Crippen LogP contribution in [0.3, 0.4) is 0 Å². The number of hydrogen-bond donors (Lipinski definition) is 0. The van der Waals surface area contributed by atoms with Gasteiger partial charge in [-0.2, -0.15) is 13.2 Å². The van der Waals surface area contributed by atoms with E-state index in [1.54, 1.807) is 0 Å². The molecule has 26 heavy (non-hydrogen) atoms. The van der Waals surface area contributed by atoms with Crippen molar-refractivity contribution in [3.63, 3.8) is 0 Å². The molecular formula is C20H25F5O. The summed E-state index contributed by atoms with van der Waals surface area (Å²) < 4.78 is 69.7. The molecule has 0 amide bonds. The van der Waals surface area contributed by atoms with E-state index in [-0.39, 0.29) is 11.8 Å². The van der Waals surface area contributed by atoms with Gasteiger partial charge >= 0.3 is 6.18 Å². The summed E-state index contributed by atoms with van der Waals surface area (Å²) in [5.41, 5.74) is -0.717. The first kappa shape index (κ1) is 20.7. The van der Waals surface area contributed by atoms with Crippen LogP contribution >= 0.6 is 0 Å². The quantitative estimate of drug-likeness (QED) is 0.470. The fourth-order valence-electron chi connectivity index (χ4n) is 3.38. The predicted octanol–water partition coefficient (Wildman–Crippen LogP) is 6.92. The fraction of sp³-hybridized carbons (Fsp3) is 0.600. The summed E-state index contributed by atoms with van der Waals surface area (Å²) in [6.07, 6.45) is 3.66. The van der Waals surface area contributed by atoms with Crippen molar-refractivity contribution in [3.8, 4) is 5.75 Å². The summed E-state index contributed by atoms with van der Waals surface area (Å²) >= 11 is 0. The maximum absolute atomic E-state index is 13.9. The third-order valence-corrected chi connectivity index (χ3v) is 4.91. The lowest BCUT2D eigenvalue weighted by molar-refractivity contribution is -0.0790. The Balaban J connectivity index is 1.88. The van der Waals surface area contributed by atoms with Crippen LogP contribution in [0.15, 0.2) is 18.2 Å². The first-order valence-corrected chi connectivity index (χ1v) is 9.16. The average Bonchev–Trinajstić information content (AvgIpc) is 2.57. The molecule has 1 nitrogen and oxygen atoms in total. The highest BCUT2D eigenvalue weighted by molar-refractivity contribution is 5.53. The molecule has 0 atom stereocenters. The van der Waals surface area contributed by atoms with Gasteiger partial charge in [0.1, 0.15) is 17.4 Å². The summed E-state index contributed by atoms with van der Waals surface area (Å²) in [5.74, 6) is -1.01. The van der Waals surface area contributed by atoms with Crippen LogP contribution in [0.25, 0.3) is 6.08 Å². The van der Waals surface area contributed by atoms with Gasteiger partial charge in [-0.25, -0.2) is 8.78 Å². The minimum Gasteiger partial charge on any atom is -0.493 e. The van der Waals surface area contributed by atoms with Gasteiger partial charge in [-0.05, 0) is 30.8 Å². The van der Waals surface area contributed by atoms with Gasteiger partial charge in [0.05, 0.1) is 6.61 Å². The van der Waals surface area contributed by atoms with E-state index in [0.717, 1.165) is 43.7 Å². The van der Waals surface area contributed by atoms with Crippen LogP contribution in [0.5, 0.6) is 5.75 Å². The van der Waals surface area contributed by atoms with Crippen LogP contribution in [0.2, 0.25) is 0 Å². The molecular weight excluding hydrogens is 351 g/mol. The largest absolute Gasteiger partial charge is 0.493 e. The number of hydrogen-bond acceptors (Lipinski definition) is 1. The molecule has 1 aliphatic carbocycles. The van der Waals surface area contributed by atoms with Gasteiger partial charge in [-0.3, -0.25) is 0 Å². The average molecular weight is 376 g/mol. The molecule has 0 unspecified atom stereocenters. The summed E-state index contributed by atoms with van der Waals surface area (Å²) in [5, 5.41) is 0. The Morgan fingerprint density at radius 3 is 2.15 bits per heavy atom. The molecule has 1 aliphatic rings. The van der Waals surface area contributed by atoms with Crippen molar-refractivity contribution in [1.29, 1.82) is 0 Å². The molecule has 1 aromatic carbocycles. The van der Waals surface area contributed by atoms with Crippen LogP contribution in [0, 0.1) is 23.5 Å². The van der Waals surface area contributed by atoms with Crippen LogP contribution in [0.4, 0.5) is 22.0 Å². The Morgan fingerprint density at radius 1 is 1.04 bits per heavy atom. The number of ether oxygens (including phenoxy) is 1. The number of benzene rings is 1. The molecule has 0 saturated heterocycles. The van der Waals surface area contributed by atoms with Gasteiger partial charge in [0.2, 0.25) is 0 Å². The zero-order valence-electron chi connectivity index (χ0n) is 14.9. The molecule has 1 fully saturated rings. The minimum absolute atomic E-state index is 0.0114. The molecule has 1 saturated carbocycles. The van der Waals surface area contributed by atoms with Crippen LogP contribution in [-0.2, 0) is 0 Å². The summed E-state index contributed by atoms with van der Waals surface area (Å²) in [7, 11) is 0. The zero-order valence-corrected chi connectivity index (χ0v) is 14.9. The van der Waals surface area contributed by atoms with Gasteiger partial charge in [-0.1, -0.05) is 39.0 Å². The number of alkyl halides is 3. The van der Waals surface area contributed by atoms with Gasteiger partial charge in [0.15, 0.2) is 0 Å². The third kappa shape index (κ3) is 6.61. The first-order chi connectivity index (χ1) is 12.3. The third-order valence-electron chi connectivity index (χ3n) is 4.91. The van der Waals surface area contributed by atoms with E-state index < -0.39 is 23.4 Å². The SMILES string of the molecule is CCCCC1CCC(COc2cc(F)c(/C=C/C(F)(F)F)c(F)c2)CC1. The Kier molecular flexibility index (Phi) is 7.47. The maximum Gasteiger partial charge on any atom is 0.409 e. The highest BCUT2D eigenvalue weighted by atomic mass is 19.4. The molecule has 0 heterocycles. The number of rotatable bonds is 7. The molecule has 6 heteroatoms. The molecule has 0 bridgehead atoms. The highest BCUT2D eigenvalue weighted by Crippen LogP contribution is 2.32.